The van der Waals surface area contributed by atoms with Crippen LogP contribution in [0.15, 0.2) is 40.7 Å². The van der Waals surface area contributed by atoms with Gasteiger partial charge in [0.25, 0.3) is 5.91 Å². The predicted octanol–water partition coefficient (Wildman–Crippen LogP) is 1.79. The van der Waals surface area contributed by atoms with Gasteiger partial charge >= 0.3 is 0 Å². The summed E-state index contributed by atoms with van der Waals surface area (Å²) in [6.07, 6.45) is 2.89. The molecule has 9 heteroatoms. The number of amides is 1. The van der Waals surface area contributed by atoms with Crippen LogP contribution in [-0.2, 0) is 10.0 Å². The zero-order valence-corrected chi connectivity index (χ0v) is 16.0. The standard InChI is InChI=1S/C18H19N3O4S2/c22-16-11-7-12-9-21(15(16)14(12)8-11)27(24,25)13-3-1-10(2-4-13)17(23)20-18-19-5-6-26-18/h1-6,11-12,14-16,22H,7-9H2,(H,19,20,23)/t11-,12-,14+,15-,16+/m0/s1. The molecule has 2 aromatic rings. The lowest BCUT2D eigenvalue weighted by Gasteiger charge is -2.28. The van der Waals surface area contributed by atoms with E-state index in [9.17, 15) is 18.3 Å². The van der Waals surface area contributed by atoms with E-state index in [0.29, 0.717) is 23.2 Å². The molecular weight excluding hydrogens is 386 g/mol. The lowest BCUT2D eigenvalue weighted by molar-refractivity contribution is 0.0731. The molecule has 27 heavy (non-hydrogen) atoms. The lowest BCUT2D eigenvalue weighted by atomic mass is 9.88. The van der Waals surface area contributed by atoms with Crippen LogP contribution in [0.4, 0.5) is 5.13 Å². The average Bonchev–Trinajstić information content (AvgIpc) is 3.39. The van der Waals surface area contributed by atoms with Crippen molar-refractivity contribution in [3.8, 4) is 0 Å². The van der Waals surface area contributed by atoms with Crippen LogP contribution in [0.25, 0.3) is 0 Å². The molecule has 3 fully saturated rings. The zero-order valence-electron chi connectivity index (χ0n) is 14.4. The van der Waals surface area contributed by atoms with Gasteiger partial charge in [-0.05, 0) is 54.9 Å². The van der Waals surface area contributed by atoms with Gasteiger partial charge in [0.2, 0.25) is 10.0 Å². The van der Waals surface area contributed by atoms with Gasteiger partial charge in [0, 0.05) is 23.7 Å². The Morgan fingerprint density at radius 2 is 2.00 bits per heavy atom. The van der Waals surface area contributed by atoms with E-state index in [-0.39, 0.29) is 28.7 Å². The number of aliphatic hydroxyl groups excluding tert-OH is 1. The van der Waals surface area contributed by atoms with Crippen LogP contribution >= 0.6 is 11.3 Å². The number of sulfonamides is 1. The van der Waals surface area contributed by atoms with Crippen LogP contribution in [0, 0.1) is 17.8 Å². The number of benzene rings is 1. The molecule has 142 valence electrons. The molecule has 7 nitrogen and oxygen atoms in total. The summed E-state index contributed by atoms with van der Waals surface area (Å²) in [6, 6.07) is 5.64. The van der Waals surface area contributed by atoms with Crippen LogP contribution in [0.3, 0.4) is 0 Å². The molecule has 0 radical (unpaired) electrons. The van der Waals surface area contributed by atoms with E-state index >= 15 is 0 Å². The van der Waals surface area contributed by atoms with Crippen molar-refractivity contribution in [3.05, 3.63) is 41.4 Å². The first-order valence-electron chi connectivity index (χ1n) is 8.96. The highest BCUT2D eigenvalue weighted by molar-refractivity contribution is 7.89. The van der Waals surface area contributed by atoms with Gasteiger partial charge in [0.1, 0.15) is 0 Å². The third-order valence-corrected chi connectivity index (χ3v) is 8.75. The van der Waals surface area contributed by atoms with E-state index in [1.807, 2.05) is 0 Å². The third kappa shape index (κ3) is 2.64. The lowest BCUT2D eigenvalue weighted by Crippen LogP contribution is -2.43. The Morgan fingerprint density at radius 3 is 2.67 bits per heavy atom. The van der Waals surface area contributed by atoms with E-state index in [4.69, 9.17) is 0 Å². The topological polar surface area (TPSA) is 99.6 Å². The average molecular weight is 406 g/mol. The van der Waals surface area contributed by atoms with Crippen molar-refractivity contribution in [1.29, 1.82) is 0 Å². The molecule has 5 atom stereocenters. The third-order valence-electron chi connectivity index (χ3n) is 6.18. The fourth-order valence-electron chi connectivity index (χ4n) is 5.00. The van der Waals surface area contributed by atoms with Crippen LogP contribution in [0.1, 0.15) is 23.2 Å². The second-order valence-corrected chi connectivity index (χ2v) is 10.3. The molecule has 2 N–H and O–H groups in total. The van der Waals surface area contributed by atoms with Crippen molar-refractivity contribution in [1.82, 2.24) is 9.29 Å². The number of rotatable bonds is 4. The second-order valence-electron chi connectivity index (χ2n) is 7.53. The summed E-state index contributed by atoms with van der Waals surface area (Å²) in [5.41, 5.74) is 0.367. The van der Waals surface area contributed by atoms with Gasteiger partial charge in [0.05, 0.1) is 17.0 Å². The summed E-state index contributed by atoms with van der Waals surface area (Å²) in [6.45, 7) is 0.484. The van der Waals surface area contributed by atoms with Gasteiger partial charge in [-0.25, -0.2) is 13.4 Å². The number of anilines is 1. The molecule has 2 aliphatic carbocycles. The van der Waals surface area contributed by atoms with Gasteiger partial charge in [-0.2, -0.15) is 4.31 Å². The van der Waals surface area contributed by atoms with Crippen LogP contribution in [0.5, 0.6) is 0 Å². The summed E-state index contributed by atoms with van der Waals surface area (Å²) < 4.78 is 27.8. The Morgan fingerprint density at radius 1 is 1.22 bits per heavy atom. The van der Waals surface area contributed by atoms with Gasteiger partial charge < -0.3 is 5.11 Å². The number of fused-ring (bicyclic) bond motifs is 1. The normalized spacial score (nSPS) is 32.1. The Hall–Kier alpha value is -1.81. The molecule has 0 spiro atoms. The summed E-state index contributed by atoms with van der Waals surface area (Å²) in [7, 11) is -3.69. The monoisotopic (exact) mass is 405 g/mol. The summed E-state index contributed by atoms with van der Waals surface area (Å²) in [5.74, 6) is 0.550. The van der Waals surface area contributed by atoms with Crippen molar-refractivity contribution in [3.63, 3.8) is 0 Å². The van der Waals surface area contributed by atoms with Gasteiger partial charge in [-0.15, -0.1) is 11.3 Å². The van der Waals surface area contributed by atoms with Gasteiger partial charge in [-0.1, -0.05) is 0 Å². The van der Waals surface area contributed by atoms with Crippen LogP contribution < -0.4 is 5.32 Å². The molecule has 2 bridgehead atoms. The van der Waals surface area contributed by atoms with Gasteiger partial charge in [-0.3, -0.25) is 10.1 Å². The molecule has 2 heterocycles. The molecule has 2 saturated carbocycles. The molecular formula is C18H19N3O4S2. The number of nitrogens with zero attached hydrogens (tertiary/aromatic N) is 2. The number of thiazole rings is 1. The number of hydrogen-bond donors (Lipinski definition) is 2. The maximum absolute atomic E-state index is 13.1. The minimum atomic E-state index is -3.69. The Bertz CT molecular complexity index is 973. The minimum absolute atomic E-state index is 0.158. The predicted molar refractivity (Wildman–Crippen MR) is 99.9 cm³/mol. The first kappa shape index (κ1) is 17.3. The van der Waals surface area contributed by atoms with Crippen LogP contribution in [-0.4, -0.2) is 47.4 Å². The van der Waals surface area contributed by atoms with Crippen molar-refractivity contribution in [2.45, 2.75) is 29.9 Å². The van der Waals surface area contributed by atoms with Crippen molar-refractivity contribution >= 4 is 32.4 Å². The fraction of sp³-hybridized carbons (Fsp3) is 0.444. The van der Waals surface area contributed by atoms with Crippen LogP contribution in [0.2, 0.25) is 0 Å². The molecule has 1 aromatic heterocycles. The number of carbonyl (C=O) groups is 1. The summed E-state index contributed by atoms with van der Waals surface area (Å²) >= 11 is 1.31. The Balaban J connectivity index is 1.37. The number of carbonyl (C=O) groups excluding carboxylic acids is 1. The van der Waals surface area contributed by atoms with Crippen molar-refractivity contribution in [2.24, 2.45) is 17.8 Å². The van der Waals surface area contributed by atoms with E-state index < -0.39 is 16.1 Å². The number of nitrogens with one attached hydrogen (secondary N) is 1. The minimum Gasteiger partial charge on any atom is -0.391 e. The van der Waals surface area contributed by atoms with E-state index in [2.05, 4.69) is 10.3 Å². The number of aromatic nitrogens is 1. The first-order chi connectivity index (χ1) is 12.9. The highest BCUT2D eigenvalue weighted by Crippen LogP contribution is 2.56. The summed E-state index contributed by atoms with van der Waals surface area (Å²) in [4.78, 5) is 16.4. The molecule has 0 unspecified atom stereocenters. The molecule has 3 aliphatic rings. The molecule has 1 aromatic carbocycles. The highest BCUT2D eigenvalue weighted by Gasteiger charge is 2.61. The second kappa shape index (κ2) is 6.10. The van der Waals surface area contributed by atoms with E-state index in [1.165, 1.54) is 39.9 Å². The number of hydrogen-bond acceptors (Lipinski definition) is 6. The van der Waals surface area contributed by atoms with Crippen molar-refractivity contribution < 1.29 is 18.3 Å². The zero-order chi connectivity index (χ0) is 18.8. The Kier molecular flexibility index (Phi) is 3.91. The molecule has 1 amide bonds. The largest absolute Gasteiger partial charge is 0.391 e. The Labute approximate surface area is 161 Å². The SMILES string of the molecule is O=C(Nc1nccs1)c1ccc(S(=O)(=O)N2C[C@@H]3C[C@H]4C[C@H]3[C@H]2[C@@H]4O)cc1. The molecule has 5 rings (SSSR count). The van der Waals surface area contributed by atoms with Crippen molar-refractivity contribution in [2.75, 3.05) is 11.9 Å². The highest BCUT2D eigenvalue weighted by atomic mass is 32.2. The van der Waals surface area contributed by atoms with E-state index in [1.54, 1.807) is 11.6 Å². The summed E-state index contributed by atoms with van der Waals surface area (Å²) in [5, 5.41) is 15.4. The van der Waals surface area contributed by atoms with E-state index in [0.717, 1.165) is 12.8 Å². The maximum Gasteiger partial charge on any atom is 0.257 e. The molecule has 1 saturated heterocycles. The van der Waals surface area contributed by atoms with Gasteiger partial charge in [0.15, 0.2) is 5.13 Å². The number of aliphatic hydroxyl groups is 1. The quantitative estimate of drug-likeness (QED) is 0.808. The molecule has 1 aliphatic heterocycles. The first-order valence-corrected chi connectivity index (χ1v) is 11.3. The maximum atomic E-state index is 13.1. The smallest absolute Gasteiger partial charge is 0.257 e. The fourth-order valence-corrected chi connectivity index (χ4v) is 7.27.